The van der Waals surface area contributed by atoms with E-state index >= 15 is 0 Å². The Hall–Kier alpha value is -3.29. The van der Waals surface area contributed by atoms with Gasteiger partial charge in [0.25, 0.3) is 11.1 Å². The van der Waals surface area contributed by atoms with E-state index in [0.29, 0.717) is 19.0 Å². The van der Waals surface area contributed by atoms with E-state index in [1.54, 1.807) is 32.3 Å². The van der Waals surface area contributed by atoms with Crippen LogP contribution in [0.5, 0.6) is 0 Å². The monoisotopic (exact) mass is 448 g/mol. The van der Waals surface area contributed by atoms with Crippen LogP contribution in [0, 0.1) is 11.8 Å². The van der Waals surface area contributed by atoms with Crippen LogP contribution >= 0.6 is 0 Å². The van der Waals surface area contributed by atoms with E-state index in [1.807, 2.05) is 4.90 Å². The average Bonchev–Trinajstić information content (AvgIpc) is 3.09. The minimum atomic E-state index is -0.791. The first kappa shape index (κ1) is 23.4. The number of imidazole rings is 1. The van der Waals surface area contributed by atoms with Crippen molar-refractivity contribution in [2.45, 2.75) is 65.3 Å². The van der Waals surface area contributed by atoms with Crippen LogP contribution in [-0.4, -0.2) is 56.8 Å². The van der Waals surface area contributed by atoms with Gasteiger partial charge < -0.3 is 15.0 Å². The Morgan fingerprint density at radius 3 is 2.78 bits per heavy atom. The molecule has 1 fully saturated rings. The highest BCUT2D eigenvalue weighted by Gasteiger charge is 2.28. The predicted molar refractivity (Wildman–Crippen MR) is 119 cm³/mol. The summed E-state index contributed by atoms with van der Waals surface area (Å²) in [4.78, 5) is 44.0. The van der Waals surface area contributed by atoms with Crippen molar-refractivity contribution < 1.29 is 13.9 Å². The molecule has 1 aliphatic rings. The Kier molecular flexibility index (Phi) is 6.91. The second-order valence-electron chi connectivity index (χ2n) is 8.64. The van der Waals surface area contributed by atoms with Crippen molar-refractivity contribution in [2.75, 3.05) is 24.7 Å². The maximum atomic E-state index is 12.8. The largest absolute Gasteiger partial charge is 0.444 e. The number of piperidine rings is 1. The molecule has 2 aromatic rings. The molecule has 1 atom stereocenters. The van der Waals surface area contributed by atoms with E-state index in [9.17, 15) is 18.8 Å². The van der Waals surface area contributed by atoms with Crippen LogP contribution in [0.2, 0.25) is 0 Å². The molecule has 3 rings (SSSR count). The van der Waals surface area contributed by atoms with Gasteiger partial charge in [0, 0.05) is 19.1 Å². The van der Waals surface area contributed by atoms with E-state index in [4.69, 9.17) is 4.74 Å². The first-order valence-corrected chi connectivity index (χ1v) is 10.6. The fourth-order valence-corrected chi connectivity index (χ4v) is 3.72. The quantitative estimate of drug-likeness (QED) is 0.668. The second-order valence-corrected chi connectivity index (χ2v) is 8.64. The Balaban J connectivity index is 1.97. The number of alkyl halides is 1. The number of H-pyrrole nitrogens is 1. The molecule has 1 aliphatic heterocycles. The number of rotatable bonds is 5. The molecule has 1 unspecified atom stereocenters. The number of hydrogen-bond donors (Lipinski definition) is 2. The van der Waals surface area contributed by atoms with Gasteiger partial charge in [0.2, 0.25) is 5.95 Å². The van der Waals surface area contributed by atoms with Crippen molar-refractivity contribution in [3.63, 3.8) is 0 Å². The molecule has 32 heavy (non-hydrogen) atoms. The zero-order valence-electron chi connectivity index (χ0n) is 18.8. The lowest BCUT2D eigenvalue weighted by Gasteiger charge is -2.34. The summed E-state index contributed by atoms with van der Waals surface area (Å²) in [6.07, 6.45) is 1.03. The lowest BCUT2D eigenvalue weighted by Crippen LogP contribution is -2.49. The van der Waals surface area contributed by atoms with Crippen molar-refractivity contribution in [1.29, 1.82) is 0 Å². The number of carbonyl (C=O) groups is 1. The third kappa shape index (κ3) is 5.12. The molecule has 2 N–H and O–H groups in total. The van der Waals surface area contributed by atoms with E-state index in [0.717, 1.165) is 17.5 Å². The van der Waals surface area contributed by atoms with Crippen LogP contribution < -0.4 is 21.3 Å². The molecule has 2 aromatic heterocycles. The van der Waals surface area contributed by atoms with Gasteiger partial charge in [0.1, 0.15) is 17.8 Å². The van der Waals surface area contributed by atoms with Gasteiger partial charge >= 0.3 is 6.09 Å². The van der Waals surface area contributed by atoms with Crippen LogP contribution in [0.4, 0.5) is 15.1 Å². The highest BCUT2D eigenvalue weighted by Crippen LogP contribution is 2.22. The van der Waals surface area contributed by atoms with Crippen LogP contribution in [-0.2, 0) is 17.8 Å². The fourth-order valence-electron chi connectivity index (χ4n) is 3.72. The number of halogens is 1. The summed E-state index contributed by atoms with van der Waals surface area (Å²) in [5.74, 6) is 6.12. The number of fused-ring (bicyclic) bond motifs is 1. The van der Waals surface area contributed by atoms with Crippen molar-refractivity contribution in [3.05, 3.63) is 20.7 Å². The van der Waals surface area contributed by atoms with Gasteiger partial charge in [0.05, 0.1) is 13.1 Å². The summed E-state index contributed by atoms with van der Waals surface area (Å²) in [5, 5.41) is 5.29. The number of nitrogens with zero attached hydrogens (tertiary/aromatic N) is 4. The maximum absolute atomic E-state index is 12.8. The molecule has 11 heteroatoms. The molecule has 0 bridgehead atoms. The van der Waals surface area contributed by atoms with Gasteiger partial charge in [-0.05, 0) is 40.5 Å². The normalized spacial score (nSPS) is 16.5. The highest BCUT2D eigenvalue weighted by atomic mass is 19.1. The van der Waals surface area contributed by atoms with Gasteiger partial charge in [-0.25, -0.2) is 18.9 Å². The van der Waals surface area contributed by atoms with Crippen molar-refractivity contribution >= 4 is 23.1 Å². The minimum absolute atomic E-state index is 0.0303. The third-order valence-corrected chi connectivity index (χ3v) is 4.99. The van der Waals surface area contributed by atoms with Gasteiger partial charge in [-0.3, -0.25) is 19.3 Å². The third-order valence-electron chi connectivity index (χ3n) is 4.99. The number of aromatic nitrogens is 4. The fraction of sp³-hybridized carbons (Fsp3) is 0.619. The smallest absolute Gasteiger partial charge is 0.407 e. The molecular weight excluding hydrogens is 419 g/mol. The van der Waals surface area contributed by atoms with E-state index in [-0.39, 0.29) is 30.2 Å². The highest BCUT2D eigenvalue weighted by molar-refractivity contribution is 5.77. The molecule has 0 aliphatic carbocycles. The number of nitrogens with one attached hydrogen (secondary N) is 2. The Bertz CT molecular complexity index is 1160. The summed E-state index contributed by atoms with van der Waals surface area (Å²) in [5.41, 5.74) is -1.64. The Labute approximate surface area is 184 Å². The van der Waals surface area contributed by atoms with Gasteiger partial charge in [-0.1, -0.05) is 5.92 Å². The average molecular weight is 448 g/mol. The summed E-state index contributed by atoms with van der Waals surface area (Å²) < 4.78 is 20.7. The summed E-state index contributed by atoms with van der Waals surface area (Å²) in [6.45, 7) is 7.24. The summed E-state index contributed by atoms with van der Waals surface area (Å²) in [7, 11) is 0. The Morgan fingerprint density at radius 2 is 2.12 bits per heavy atom. The topological polar surface area (TPSA) is 114 Å². The zero-order valence-corrected chi connectivity index (χ0v) is 18.8. The first-order valence-electron chi connectivity index (χ1n) is 10.6. The number of alkyl carbamates (subject to hydrolysis) is 1. The maximum Gasteiger partial charge on any atom is 0.407 e. The molecule has 174 valence electrons. The van der Waals surface area contributed by atoms with Gasteiger partial charge in [0.15, 0.2) is 5.52 Å². The van der Waals surface area contributed by atoms with Crippen molar-refractivity contribution in [1.82, 2.24) is 24.6 Å². The number of aromatic amines is 1. The first-order chi connectivity index (χ1) is 15.1. The number of aryl methyl sites for hydroxylation is 1. The molecule has 3 heterocycles. The zero-order chi connectivity index (χ0) is 23.5. The lowest BCUT2D eigenvalue weighted by atomic mass is 10.1. The molecule has 0 aromatic carbocycles. The molecular formula is C21H29FN6O4. The number of amides is 1. The van der Waals surface area contributed by atoms with Crippen molar-refractivity contribution in [2.24, 2.45) is 0 Å². The number of carbonyl (C=O) groups excluding carboxylic acids is 1. The molecule has 10 nitrogen and oxygen atoms in total. The van der Waals surface area contributed by atoms with Crippen LogP contribution in [0.1, 0.15) is 40.5 Å². The standard InChI is InChI=1S/C21H29FN6O4/c1-5-6-11-27-16-15(18(30)28(12-9-22)25-17(16)29)24-19(27)26-10-7-8-14(13-26)23-20(31)32-21(2,3)4/h14H,7-13H2,1-4H3,(H,23,31)(H,25,29). The number of anilines is 1. The molecule has 0 radical (unpaired) electrons. The van der Waals surface area contributed by atoms with Gasteiger partial charge in [-0.15, -0.1) is 5.92 Å². The van der Waals surface area contributed by atoms with Crippen LogP contribution in [0.25, 0.3) is 11.0 Å². The van der Waals surface area contributed by atoms with Crippen molar-refractivity contribution in [3.8, 4) is 11.8 Å². The molecule has 0 saturated carbocycles. The van der Waals surface area contributed by atoms with Crippen LogP contribution in [0.3, 0.4) is 0 Å². The minimum Gasteiger partial charge on any atom is -0.444 e. The summed E-state index contributed by atoms with van der Waals surface area (Å²) >= 11 is 0. The molecule has 1 amide bonds. The summed E-state index contributed by atoms with van der Waals surface area (Å²) in [6, 6.07) is -0.189. The molecule has 1 saturated heterocycles. The van der Waals surface area contributed by atoms with E-state index in [2.05, 4.69) is 27.2 Å². The second kappa shape index (κ2) is 9.46. The molecule has 0 spiro atoms. The van der Waals surface area contributed by atoms with E-state index in [1.165, 1.54) is 0 Å². The predicted octanol–water partition coefficient (Wildman–Crippen LogP) is 1.37. The van der Waals surface area contributed by atoms with Crippen LogP contribution in [0.15, 0.2) is 9.59 Å². The number of ether oxygens (including phenoxy) is 1. The van der Waals surface area contributed by atoms with Gasteiger partial charge in [-0.2, -0.15) is 0 Å². The Morgan fingerprint density at radius 1 is 1.38 bits per heavy atom. The van der Waals surface area contributed by atoms with E-state index < -0.39 is 29.5 Å². The SMILES string of the molecule is CC#CCn1c(N2CCCC(NC(=O)OC(C)(C)C)C2)nc2c(=O)n(CCF)[nH]c(=O)c21. The number of hydrogen-bond acceptors (Lipinski definition) is 6. The lowest BCUT2D eigenvalue weighted by molar-refractivity contribution is 0.0500.